The molecule has 5 nitrogen and oxygen atoms in total. The SMILES string of the molecule is CCN1CCOC(COc2cnn(CC)c2)C1. The standard InChI is InChI=1S/C12H21N3O2/c1-3-14-5-6-16-12(8-14)10-17-11-7-13-15(4-2)9-11/h7,9,12H,3-6,8,10H2,1-2H3. The Hall–Kier alpha value is -1.07. The van der Waals surface area contributed by atoms with Gasteiger partial charge in [0.1, 0.15) is 12.7 Å². The molecule has 0 radical (unpaired) electrons. The van der Waals surface area contributed by atoms with Gasteiger partial charge >= 0.3 is 0 Å². The fourth-order valence-electron chi connectivity index (χ4n) is 1.95. The van der Waals surface area contributed by atoms with Crippen LogP contribution in [0.4, 0.5) is 0 Å². The van der Waals surface area contributed by atoms with Gasteiger partial charge in [0.15, 0.2) is 5.75 Å². The third-order valence-corrected chi connectivity index (χ3v) is 3.04. The molecule has 0 saturated carbocycles. The second-order valence-electron chi connectivity index (χ2n) is 4.23. The van der Waals surface area contributed by atoms with Gasteiger partial charge in [-0.3, -0.25) is 9.58 Å². The number of hydrogen-bond acceptors (Lipinski definition) is 4. The summed E-state index contributed by atoms with van der Waals surface area (Å²) in [6.07, 6.45) is 3.85. The van der Waals surface area contributed by atoms with Crippen LogP contribution in [0.1, 0.15) is 13.8 Å². The van der Waals surface area contributed by atoms with Crippen LogP contribution >= 0.6 is 0 Å². The van der Waals surface area contributed by atoms with E-state index in [4.69, 9.17) is 9.47 Å². The molecule has 1 aromatic heterocycles. The van der Waals surface area contributed by atoms with Gasteiger partial charge in [0, 0.05) is 19.6 Å². The zero-order valence-corrected chi connectivity index (χ0v) is 10.6. The lowest BCUT2D eigenvalue weighted by molar-refractivity contribution is -0.0464. The second-order valence-corrected chi connectivity index (χ2v) is 4.23. The lowest BCUT2D eigenvalue weighted by atomic mass is 10.3. The van der Waals surface area contributed by atoms with Crippen LogP contribution in [0.15, 0.2) is 12.4 Å². The van der Waals surface area contributed by atoms with Crippen LogP contribution in [-0.2, 0) is 11.3 Å². The topological polar surface area (TPSA) is 39.5 Å². The van der Waals surface area contributed by atoms with Crippen molar-refractivity contribution in [2.45, 2.75) is 26.5 Å². The summed E-state index contributed by atoms with van der Waals surface area (Å²) in [6.45, 7) is 9.57. The molecule has 17 heavy (non-hydrogen) atoms. The molecular weight excluding hydrogens is 218 g/mol. The van der Waals surface area contributed by atoms with E-state index in [2.05, 4.69) is 23.8 Å². The molecule has 0 spiro atoms. The number of rotatable bonds is 5. The number of ether oxygens (including phenoxy) is 2. The molecular formula is C12H21N3O2. The lowest BCUT2D eigenvalue weighted by Crippen LogP contribution is -2.44. The van der Waals surface area contributed by atoms with Crippen molar-refractivity contribution < 1.29 is 9.47 Å². The monoisotopic (exact) mass is 239 g/mol. The molecule has 1 fully saturated rings. The Morgan fingerprint density at radius 1 is 1.47 bits per heavy atom. The van der Waals surface area contributed by atoms with Crippen molar-refractivity contribution in [3.05, 3.63) is 12.4 Å². The average molecular weight is 239 g/mol. The number of aromatic nitrogens is 2. The summed E-state index contributed by atoms with van der Waals surface area (Å²) in [6, 6.07) is 0. The van der Waals surface area contributed by atoms with Crippen molar-refractivity contribution in [1.82, 2.24) is 14.7 Å². The first kappa shape index (κ1) is 12.4. The van der Waals surface area contributed by atoms with Crippen LogP contribution in [0.3, 0.4) is 0 Å². The predicted molar refractivity (Wildman–Crippen MR) is 65.3 cm³/mol. The van der Waals surface area contributed by atoms with E-state index in [0.29, 0.717) is 6.61 Å². The van der Waals surface area contributed by atoms with Crippen molar-refractivity contribution in [1.29, 1.82) is 0 Å². The summed E-state index contributed by atoms with van der Waals surface area (Å²) in [5, 5.41) is 4.17. The Morgan fingerprint density at radius 2 is 2.35 bits per heavy atom. The minimum atomic E-state index is 0.175. The van der Waals surface area contributed by atoms with E-state index in [-0.39, 0.29) is 6.10 Å². The van der Waals surface area contributed by atoms with E-state index in [1.54, 1.807) is 6.20 Å². The van der Waals surface area contributed by atoms with Crippen LogP contribution in [0.5, 0.6) is 5.75 Å². The van der Waals surface area contributed by atoms with Gasteiger partial charge in [-0.2, -0.15) is 5.10 Å². The zero-order valence-electron chi connectivity index (χ0n) is 10.6. The normalized spacial score (nSPS) is 21.6. The summed E-state index contributed by atoms with van der Waals surface area (Å²) in [5.74, 6) is 0.823. The fraction of sp³-hybridized carbons (Fsp3) is 0.750. The van der Waals surface area contributed by atoms with Gasteiger partial charge in [-0.15, -0.1) is 0 Å². The van der Waals surface area contributed by atoms with Crippen LogP contribution in [0.2, 0.25) is 0 Å². The summed E-state index contributed by atoms with van der Waals surface area (Å²) in [7, 11) is 0. The number of nitrogens with zero attached hydrogens (tertiary/aromatic N) is 3. The highest BCUT2D eigenvalue weighted by Crippen LogP contribution is 2.11. The van der Waals surface area contributed by atoms with E-state index >= 15 is 0 Å². The van der Waals surface area contributed by atoms with Crippen molar-refractivity contribution >= 4 is 0 Å². The van der Waals surface area contributed by atoms with Gasteiger partial charge in [-0.25, -0.2) is 0 Å². The van der Waals surface area contributed by atoms with E-state index in [9.17, 15) is 0 Å². The zero-order chi connectivity index (χ0) is 12.1. The minimum absolute atomic E-state index is 0.175. The molecule has 1 aliphatic heterocycles. The quantitative estimate of drug-likeness (QED) is 0.768. The highest BCUT2D eigenvalue weighted by molar-refractivity contribution is 5.11. The number of likely N-dealkylation sites (N-methyl/N-ethyl adjacent to an activating group) is 1. The Labute approximate surface area is 102 Å². The molecule has 96 valence electrons. The average Bonchev–Trinajstić information content (AvgIpc) is 2.84. The van der Waals surface area contributed by atoms with Crippen molar-refractivity contribution in [3.63, 3.8) is 0 Å². The van der Waals surface area contributed by atoms with Gasteiger partial charge < -0.3 is 9.47 Å². The minimum Gasteiger partial charge on any atom is -0.488 e. The summed E-state index contributed by atoms with van der Waals surface area (Å²) in [5.41, 5.74) is 0. The van der Waals surface area contributed by atoms with E-state index in [0.717, 1.165) is 38.5 Å². The molecule has 0 N–H and O–H groups in total. The molecule has 2 rings (SSSR count). The van der Waals surface area contributed by atoms with E-state index in [1.165, 1.54) is 0 Å². The number of hydrogen-bond donors (Lipinski definition) is 0. The summed E-state index contributed by atoms with van der Waals surface area (Å²) < 4.78 is 13.2. The predicted octanol–water partition coefficient (Wildman–Crippen LogP) is 1.00. The highest BCUT2D eigenvalue weighted by Gasteiger charge is 2.19. The van der Waals surface area contributed by atoms with Crippen LogP contribution < -0.4 is 4.74 Å². The first-order valence-electron chi connectivity index (χ1n) is 6.31. The van der Waals surface area contributed by atoms with E-state index < -0.39 is 0 Å². The molecule has 0 aromatic carbocycles. The van der Waals surface area contributed by atoms with Gasteiger partial charge in [0.25, 0.3) is 0 Å². The number of morpholine rings is 1. The highest BCUT2D eigenvalue weighted by atomic mass is 16.5. The Balaban J connectivity index is 1.77. The van der Waals surface area contributed by atoms with Gasteiger partial charge in [0.2, 0.25) is 0 Å². The van der Waals surface area contributed by atoms with Crippen LogP contribution in [0, 0.1) is 0 Å². The first-order valence-corrected chi connectivity index (χ1v) is 6.31. The molecule has 1 aliphatic rings. The van der Waals surface area contributed by atoms with Crippen molar-refractivity contribution in [2.24, 2.45) is 0 Å². The maximum absolute atomic E-state index is 5.69. The molecule has 5 heteroatoms. The lowest BCUT2D eigenvalue weighted by Gasteiger charge is -2.31. The Bertz CT molecular complexity index is 340. The molecule has 0 bridgehead atoms. The third kappa shape index (κ3) is 3.44. The molecule has 1 saturated heterocycles. The van der Waals surface area contributed by atoms with Crippen LogP contribution in [-0.4, -0.2) is 53.6 Å². The summed E-state index contributed by atoms with van der Waals surface area (Å²) >= 11 is 0. The molecule has 1 atom stereocenters. The largest absolute Gasteiger partial charge is 0.488 e. The van der Waals surface area contributed by atoms with Crippen molar-refractivity contribution in [2.75, 3.05) is 32.8 Å². The van der Waals surface area contributed by atoms with Gasteiger partial charge in [0.05, 0.1) is 19.0 Å². The molecule has 0 aliphatic carbocycles. The van der Waals surface area contributed by atoms with Gasteiger partial charge in [-0.05, 0) is 13.5 Å². The maximum Gasteiger partial charge on any atom is 0.157 e. The molecule has 1 unspecified atom stereocenters. The smallest absolute Gasteiger partial charge is 0.157 e. The van der Waals surface area contributed by atoms with Crippen LogP contribution in [0.25, 0.3) is 0 Å². The maximum atomic E-state index is 5.69. The van der Waals surface area contributed by atoms with E-state index in [1.807, 2.05) is 10.9 Å². The van der Waals surface area contributed by atoms with Gasteiger partial charge in [-0.1, -0.05) is 6.92 Å². The molecule has 0 amide bonds. The second kappa shape index (κ2) is 6.02. The number of aryl methyl sites for hydroxylation is 1. The Kier molecular flexibility index (Phi) is 4.39. The summed E-state index contributed by atoms with van der Waals surface area (Å²) in [4.78, 5) is 2.38. The first-order chi connectivity index (χ1) is 8.31. The molecule has 1 aromatic rings. The molecule has 2 heterocycles. The fourth-order valence-corrected chi connectivity index (χ4v) is 1.95. The van der Waals surface area contributed by atoms with Crippen molar-refractivity contribution in [3.8, 4) is 5.75 Å². The third-order valence-electron chi connectivity index (χ3n) is 3.04. The Morgan fingerprint density at radius 3 is 3.06 bits per heavy atom.